The fourth-order valence-corrected chi connectivity index (χ4v) is 2.07. The predicted molar refractivity (Wildman–Crippen MR) is 76.5 cm³/mol. The van der Waals surface area contributed by atoms with Crippen LogP contribution in [0.15, 0.2) is 30.3 Å². The minimum absolute atomic E-state index is 0.617. The van der Waals surface area contributed by atoms with Crippen LogP contribution >= 0.6 is 0 Å². The van der Waals surface area contributed by atoms with Gasteiger partial charge < -0.3 is 5.32 Å². The number of unbranched alkanes of at least 4 members (excludes halogenated alkanes) is 4. The summed E-state index contributed by atoms with van der Waals surface area (Å²) in [5, 5.41) is 3.56. The molecule has 1 N–H and O–H groups in total. The summed E-state index contributed by atoms with van der Waals surface area (Å²) < 4.78 is 0. The first-order valence-corrected chi connectivity index (χ1v) is 7.10. The summed E-state index contributed by atoms with van der Waals surface area (Å²) in [6, 6.07) is 10.8. The van der Waals surface area contributed by atoms with E-state index in [9.17, 15) is 0 Å². The quantitative estimate of drug-likeness (QED) is 0.625. The van der Waals surface area contributed by atoms with Crippen molar-refractivity contribution < 1.29 is 0 Å². The lowest BCUT2D eigenvalue weighted by atomic mass is 10.0. The largest absolute Gasteiger partial charge is 0.316 e. The van der Waals surface area contributed by atoms with Crippen LogP contribution in [0, 0.1) is 0 Å². The molecule has 1 atom stereocenters. The molecule has 0 bridgehead atoms. The maximum absolute atomic E-state index is 3.56. The van der Waals surface area contributed by atoms with Gasteiger partial charge in [-0.2, -0.15) is 0 Å². The zero-order chi connectivity index (χ0) is 12.3. The molecule has 0 aromatic heterocycles. The predicted octanol–water partition coefficient (Wildman–Crippen LogP) is 4.35. The minimum atomic E-state index is 0.617. The molecule has 0 saturated carbocycles. The van der Waals surface area contributed by atoms with E-state index in [2.05, 4.69) is 49.5 Å². The highest BCUT2D eigenvalue weighted by atomic mass is 14.8. The van der Waals surface area contributed by atoms with Crippen LogP contribution < -0.4 is 5.32 Å². The number of hydrogen-bond acceptors (Lipinski definition) is 1. The highest BCUT2D eigenvalue weighted by Crippen LogP contribution is 2.12. The van der Waals surface area contributed by atoms with Crippen LogP contribution in [-0.4, -0.2) is 13.1 Å². The van der Waals surface area contributed by atoms with E-state index < -0.39 is 0 Å². The SMILES string of the molecule is CCCCCCCNCC(C)c1ccccc1. The Kier molecular flexibility index (Phi) is 7.74. The molecule has 0 aliphatic carbocycles. The number of benzene rings is 1. The third-order valence-electron chi connectivity index (χ3n) is 3.28. The fourth-order valence-electron chi connectivity index (χ4n) is 2.07. The Balaban J connectivity index is 2.03. The Labute approximate surface area is 107 Å². The standard InChI is InChI=1S/C16H27N/c1-3-4-5-6-10-13-17-14-15(2)16-11-8-7-9-12-16/h7-9,11-12,15,17H,3-6,10,13-14H2,1-2H3. The van der Waals surface area contributed by atoms with Gasteiger partial charge >= 0.3 is 0 Å². The average molecular weight is 233 g/mol. The van der Waals surface area contributed by atoms with Crippen LogP contribution in [0.3, 0.4) is 0 Å². The first-order chi connectivity index (χ1) is 8.34. The lowest BCUT2D eigenvalue weighted by Crippen LogP contribution is -2.21. The third-order valence-corrected chi connectivity index (χ3v) is 3.28. The molecule has 0 saturated heterocycles. The van der Waals surface area contributed by atoms with E-state index in [1.807, 2.05) is 0 Å². The van der Waals surface area contributed by atoms with Crippen molar-refractivity contribution in [2.24, 2.45) is 0 Å². The first kappa shape index (κ1) is 14.2. The van der Waals surface area contributed by atoms with Gasteiger partial charge in [0.05, 0.1) is 0 Å². The molecular weight excluding hydrogens is 206 g/mol. The van der Waals surface area contributed by atoms with Crippen molar-refractivity contribution in [2.45, 2.75) is 51.9 Å². The lowest BCUT2D eigenvalue weighted by Gasteiger charge is -2.12. The number of nitrogens with one attached hydrogen (secondary N) is 1. The molecular formula is C16H27N. The number of hydrogen-bond donors (Lipinski definition) is 1. The second-order valence-electron chi connectivity index (χ2n) is 4.93. The van der Waals surface area contributed by atoms with Gasteiger partial charge in [-0.25, -0.2) is 0 Å². The van der Waals surface area contributed by atoms with Crippen molar-refractivity contribution >= 4 is 0 Å². The summed E-state index contributed by atoms with van der Waals surface area (Å²) in [7, 11) is 0. The van der Waals surface area contributed by atoms with E-state index in [4.69, 9.17) is 0 Å². The summed E-state index contributed by atoms with van der Waals surface area (Å²) in [4.78, 5) is 0. The van der Waals surface area contributed by atoms with Gasteiger partial charge in [0, 0.05) is 6.54 Å². The van der Waals surface area contributed by atoms with Crippen LogP contribution in [0.1, 0.15) is 57.4 Å². The average Bonchev–Trinajstić information content (AvgIpc) is 2.38. The summed E-state index contributed by atoms with van der Waals surface area (Å²) in [5.41, 5.74) is 1.44. The topological polar surface area (TPSA) is 12.0 Å². The maximum atomic E-state index is 3.56. The highest BCUT2D eigenvalue weighted by molar-refractivity contribution is 5.18. The summed E-state index contributed by atoms with van der Waals surface area (Å²) in [6.07, 6.45) is 6.81. The molecule has 0 radical (unpaired) electrons. The smallest absolute Gasteiger partial charge is 0.00174 e. The van der Waals surface area contributed by atoms with Crippen molar-refractivity contribution in [1.82, 2.24) is 5.32 Å². The van der Waals surface area contributed by atoms with Crippen molar-refractivity contribution in [1.29, 1.82) is 0 Å². The summed E-state index contributed by atoms with van der Waals surface area (Å²) >= 11 is 0. The maximum Gasteiger partial charge on any atom is 0.00174 e. The zero-order valence-corrected chi connectivity index (χ0v) is 11.4. The van der Waals surface area contributed by atoms with Gasteiger partial charge in [-0.05, 0) is 24.4 Å². The van der Waals surface area contributed by atoms with E-state index in [-0.39, 0.29) is 0 Å². The Hall–Kier alpha value is -0.820. The zero-order valence-electron chi connectivity index (χ0n) is 11.4. The molecule has 1 aromatic carbocycles. The van der Waals surface area contributed by atoms with Crippen LogP contribution in [0.5, 0.6) is 0 Å². The Morgan fingerprint density at radius 1 is 1.00 bits per heavy atom. The van der Waals surface area contributed by atoms with Crippen LogP contribution in [0.2, 0.25) is 0 Å². The molecule has 1 rings (SSSR count). The molecule has 0 fully saturated rings. The van der Waals surface area contributed by atoms with Gasteiger partial charge in [-0.15, -0.1) is 0 Å². The van der Waals surface area contributed by atoms with Crippen molar-refractivity contribution in [3.8, 4) is 0 Å². The monoisotopic (exact) mass is 233 g/mol. The minimum Gasteiger partial charge on any atom is -0.316 e. The molecule has 0 heterocycles. The van der Waals surface area contributed by atoms with Crippen molar-refractivity contribution in [2.75, 3.05) is 13.1 Å². The molecule has 0 spiro atoms. The van der Waals surface area contributed by atoms with Crippen LogP contribution in [-0.2, 0) is 0 Å². The van der Waals surface area contributed by atoms with E-state index in [0.717, 1.165) is 6.54 Å². The molecule has 1 nitrogen and oxygen atoms in total. The van der Waals surface area contributed by atoms with Gasteiger partial charge in [-0.3, -0.25) is 0 Å². The van der Waals surface area contributed by atoms with Gasteiger partial charge in [0.15, 0.2) is 0 Å². The molecule has 1 unspecified atom stereocenters. The molecule has 0 amide bonds. The first-order valence-electron chi connectivity index (χ1n) is 7.10. The molecule has 96 valence electrons. The van der Waals surface area contributed by atoms with Gasteiger partial charge in [0.2, 0.25) is 0 Å². The lowest BCUT2D eigenvalue weighted by molar-refractivity contribution is 0.560. The van der Waals surface area contributed by atoms with E-state index >= 15 is 0 Å². The Morgan fingerprint density at radius 3 is 2.41 bits per heavy atom. The third kappa shape index (κ3) is 6.48. The van der Waals surface area contributed by atoms with Gasteiger partial charge in [0.25, 0.3) is 0 Å². The normalized spacial score (nSPS) is 12.6. The molecule has 0 aliphatic heterocycles. The highest BCUT2D eigenvalue weighted by Gasteiger charge is 2.03. The van der Waals surface area contributed by atoms with Crippen molar-refractivity contribution in [3.05, 3.63) is 35.9 Å². The Bertz CT molecular complexity index is 268. The number of rotatable bonds is 9. The van der Waals surface area contributed by atoms with Crippen LogP contribution in [0.4, 0.5) is 0 Å². The molecule has 17 heavy (non-hydrogen) atoms. The Morgan fingerprint density at radius 2 is 1.71 bits per heavy atom. The summed E-state index contributed by atoms with van der Waals surface area (Å²) in [5.74, 6) is 0.617. The van der Waals surface area contributed by atoms with E-state index in [0.29, 0.717) is 5.92 Å². The van der Waals surface area contributed by atoms with E-state index in [1.165, 1.54) is 44.2 Å². The molecule has 1 heteroatoms. The van der Waals surface area contributed by atoms with E-state index in [1.54, 1.807) is 0 Å². The van der Waals surface area contributed by atoms with Crippen LogP contribution in [0.25, 0.3) is 0 Å². The molecule has 1 aromatic rings. The molecule has 0 aliphatic rings. The second kappa shape index (κ2) is 9.23. The second-order valence-corrected chi connectivity index (χ2v) is 4.93. The van der Waals surface area contributed by atoms with Gasteiger partial charge in [0.1, 0.15) is 0 Å². The fraction of sp³-hybridized carbons (Fsp3) is 0.625. The van der Waals surface area contributed by atoms with Gasteiger partial charge in [-0.1, -0.05) is 69.9 Å². The summed E-state index contributed by atoms with van der Waals surface area (Å²) in [6.45, 7) is 6.82. The van der Waals surface area contributed by atoms with Crippen molar-refractivity contribution in [3.63, 3.8) is 0 Å².